The van der Waals surface area contributed by atoms with Gasteiger partial charge >= 0.3 is 0 Å². The topological polar surface area (TPSA) is 15.6 Å². The van der Waals surface area contributed by atoms with Gasteiger partial charge < -0.3 is 4.90 Å². The monoisotopic (exact) mass is 123 g/mol. The van der Waals surface area contributed by atoms with E-state index in [2.05, 4.69) is 16.2 Å². The van der Waals surface area contributed by atoms with E-state index in [9.17, 15) is 0 Å². The molecule has 1 aliphatic carbocycles. The van der Waals surface area contributed by atoms with Crippen LogP contribution in [0.4, 0.5) is 0 Å². The first kappa shape index (κ1) is 5.27. The first-order valence-corrected chi connectivity index (χ1v) is 3.65. The highest BCUT2D eigenvalue weighted by atomic mass is 15.2. The second-order valence-electron chi connectivity index (χ2n) is 2.76. The first-order chi connectivity index (χ1) is 4.47. The summed E-state index contributed by atoms with van der Waals surface area (Å²) in [7, 11) is 0. The maximum absolute atomic E-state index is 4.04. The van der Waals surface area contributed by atoms with Crippen LogP contribution in [0.5, 0.6) is 0 Å². The van der Waals surface area contributed by atoms with Gasteiger partial charge in [0.05, 0.1) is 6.54 Å². The number of hydrogen-bond acceptors (Lipinski definition) is 2. The second kappa shape index (κ2) is 2.01. The number of hydrogen-bond donors (Lipinski definition) is 0. The van der Waals surface area contributed by atoms with Crippen molar-refractivity contribution < 1.29 is 0 Å². The van der Waals surface area contributed by atoms with Crippen molar-refractivity contribution in [2.45, 2.75) is 25.3 Å². The largest absolute Gasteiger partial charge is 0.349 e. The lowest BCUT2D eigenvalue weighted by molar-refractivity contribution is 0.228. The molecule has 1 saturated carbocycles. The molecule has 49 valence electrons. The summed E-state index contributed by atoms with van der Waals surface area (Å²) in [6.45, 7) is 2.08. The van der Waals surface area contributed by atoms with Crippen LogP contribution in [0.1, 0.15) is 19.3 Å². The highest BCUT2D eigenvalue weighted by molar-refractivity contribution is 5.57. The van der Waals surface area contributed by atoms with Crippen molar-refractivity contribution >= 4 is 6.34 Å². The van der Waals surface area contributed by atoms with Crippen LogP contribution in [0.3, 0.4) is 0 Å². The Labute approximate surface area is 55.6 Å². The van der Waals surface area contributed by atoms with Gasteiger partial charge in [-0.3, -0.25) is 4.99 Å². The van der Waals surface area contributed by atoms with E-state index < -0.39 is 0 Å². The van der Waals surface area contributed by atoms with Gasteiger partial charge in [0.15, 0.2) is 6.34 Å². The van der Waals surface area contributed by atoms with Crippen LogP contribution in [0.15, 0.2) is 4.99 Å². The van der Waals surface area contributed by atoms with E-state index in [1.165, 1.54) is 19.3 Å². The van der Waals surface area contributed by atoms with Gasteiger partial charge in [-0.1, -0.05) is 0 Å². The minimum Gasteiger partial charge on any atom is -0.349 e. The summed E-state index contributed by atoms with van der Waals surface area (Å²) in [4.78, 5) is 6.30. The summed E-state index contributed by atoms with van der Waals surface area (Å²) < 4.78 is 0. The Bertz CT molecular complexity index is 127. The molecule has 0 aromatic carbocycles. The average molecular weight is 123 g/mol. The predicted octanol–water partition coefficient (Wildman–Crippen LogP) is 0.760. The summed E-state index contributed by atoms with van der Waals surface area (Å²) in [5.41, 5.74) is 0. The molecule has 0 aromatic heterocycles. The maximum atomic E-state index is 4.04. The summed E-state index contributed by atoms with van der Waals surface area (Å²) >= 11 is 0. The number of nitrogens with zero attached hydrogens (tertiary/aromatic N) is 2. The summed E-state index contributed by atoms with van der Waals surface area (Å²) in [6, 6.07) is 0.802. The molecule has 0 saturated heterocycles. The third-order valence-electron chi connectivity index (χ3n) is 2.17. The highest BCUT2D eigenvalue weighted by Crippen LogP contribution is 2.24. The van der Waals surface area contributed by atoms with Crippen molar-refractivity contribution in [3.05, 3.63) is 0 Å². The number of rotatable bonds is 1. The van der Waals surface area contributed by atoms with E-state index in [1.807, 2.05) is 0 Å². The predicted molar refractivity (Wildman–Crippen MR) is 36.6 cm³/mol. The van der Waals surface area contributed by atoms with E-state index in [-0.39, 0.29) is 0 Å². The summed E-state index contributed by atoms with van der Waals surface area (Å²) in [5.74, 6) is 0. The highest BCUT2D eigenvalue weighted by Gasteiger charge is 2.24. The van der Waals surface area contributed by atoms with Gasteiger partial charge in [-0.05, 0) is 19.3 Å². The second-order valence-corrected chi connectivity index (χ2v) is 2.76. The molecule has 0 bridgehead atoms. The lowest BCUT2D eigenvalue weighted by Crippen LogP contribution is -2.37. The average Bonchev–Trinajstić information content (AvgIpc) is 2.11. The Morgan fingerprint density at radius 1 is 1.44 bits per heavy atom. The van der Waals surface area contributed by atoms with E-state index in [4.69, 9.17) is 0 Å². The summed E-state index contributed by atoms with van der Waals surface area (Å²) in [5, 5.41) is 0. The standard InChI is InChI=1S/C7H11N2/c1-2-7(3-1)9-5-4-8-6-9/h7H,1-5H2. The molecule has 0 atom stereocenters. The van der Waals surface area contributed by atoms with Crippen molar-refractivity contribution in [3.63, 3.8) is 0 Å². The fourth-order valence-electron chi connectivity index (χ4n) is 1.31. The molecule has 0 N–H and O–H groups in total. The van der Waals surface area contributed by atoms with E-state index >= 15 is 0 Å². The van der Waals surface area contributed by atoms with Crippen molar-refractivity contribution in [1.82, 2.24) is 4.90 Å². The normalized spacial score (nSPS) is 26.9. The Kier molecular flexibility index (Phi) is 1.18. The van der Waals surface area contributed by atoms with E-state index in [1.54, 1.807) is 0 Å². The molecular weight excluding hydrogens is 112 g/mol. The zero-order valence-corrected chi connectivity index (χ0v) is 5.51. The first-order valence-electron chi connectivity index (χ1n) is 3.65. The van der Waals surface area contributed by atoms with Crippen LogP contribution in [0.25, 0.3) is 0 Å². The fourth-order valence-corrected chi connectivity index (χ4v) is 1.31. The zero-order chi connectivity index (χ0) is 6.10. The molecule has 2 heteroatoms. The Morgan fingerprint density at radius 2 is 2.33 bits per heavy atom. The van der Waals surface area contributed by atoms with Crippen LogP contribution >= 0.6 is 0 Å². The van der Waals surface area contributed by atoms with Crippen molar-refractivity contribution in [2.24, 2.45) is 4.99 Å². The fraction of sp³-hybridized carbons (Fsp3) is 0.857. The molecule has 0 amide bonds. The molecule has 1 radical (unpaired) electrons. The molecule has 0 unspecified atom stereocenters. The Balaban J connectivity index is 1.89. The van der Waals surface area contributed by atoms with E-state index in [0.717, 1.165) is 19.1 Å². The minimum atomic E-state index is 0.802. The minimum absolute atomic E-state index is 0.802. The van der Waals surface area contributed by atoms with Crippen molar-refractivity contribution in [1.29, 1.82) is 0 Å². The Morgan fingerprint density at radius 3 is 2.78 bits per heavy atom. The van der Waals surface area contributed by atoms with Gasteiger partial charge in [-0.15, -0.1) is 0 Å². The van der Waals surface area contributed by atoms with Gasteiger partial charge in [0.25, 0.3) is 0 Å². The summed E-state index contributed by atoms with van der Waals surface area (Å²) in [6.07, 6.45) is 7.15. The quantitative estimate of drug-likeness (QED) is 0.502. The molecule has 2 aliphatic rings. The van der Waals surface area contributed by atoms with Crippen LogP contribution in [-0.4, -0.2) is 30.4 Å². The van der Waals surface area contributed by atoms with Crippen LogP contribution in [0, 0.1) is 0 Å². The molecule has 1 aliphatic heterocycles. The lowest BCUT2D eigenvalue weighted by atomic mass is 9.92. The van der Waals surface area contributed by atoms with Crippen molar-refractivity contribution in [2.75, 3.05) is 13.1 Å². The molecule has 2 nitrogen and oxygen atoms in total. The molecule has 1 heterocycles. The maximum Gasteiger partial charge on any atom is 0.167 e. The van der Waals surface area contributed by atoms with Crippen LogP contribution < -0.4 is 0 Å². The molecule has 0 aromatic rings. The van der Waals surface area contributed by atoms with Gasteiger partial charge in [0, 0.05) is 12.6 Å². The molecule has 9 heavy (non-hydrogen) atoms. The van der Waals surface area contributed by atoms with Gasteiger partial charge in [-0.2, -0.15) is 0 Å². The Hall–Kier alpha value is -0.530. The van der Waals surface area contributed by atoms with Crippen LogP contribution in [-0.2, 0) is 0 Å². The molecule has 0 spiro atoms. The molecule has 2 rings (SSSR count). The van der Waals surface area contributed by atoms with Gasteiger partial charge in [0.2, 0.25) is 0 Å². The van der Waals surface area contributed by atoms with Crippen LogP contribution in [0.2, 0.25) is 0 Å². The van der Waals surface area contributed by atoms with Gasteiger partial charge in [-0.25, -0.2) is 0 Å². The lowest BCUT2D eigenvalue weighted by Gasteiger charge is -2.33. The van der Waals surface area contributed by atoms with Gasteiger partial charge in [0.1, 0.15) is 0 Å². The third kappa shape index (κ3) is 0.824. The number of aliphatic imine (C=N–C) groups is 1. The zero-order valence-electron chi connectivity index (χ0n) is 5.51. The third-order valence-corrected chi connectivity index (χ3v) is 2.17. The molecule has 1 fully saturated rings. The van der Waals surface area contributed by atoms with Crippen molar-refractivity contribution in [3.8, 4) is 0 Å². The molecular formula is C7H11N2. The van der Waals surface area contributed by atoms with E-state index in [0.29, 0.717) is 0 Å². The SMILES string of the molecule is [C]1=NCCN1C1CCC1. The smallest absolute Gasteiger partial charge is 0.167 e.